The molecule has 0 atom stereocenters. The predicted molar refractivity (Wildman–Crippen MR) is 92.9 cm³/mol. The van der Waals surface area contributed by atoms with Crippen molar-refractivity contribution in [3.05, 3.63) is 65.2 Å². The minimum Gasteiger partial charge on any atom is -0.478 e. The fourth-order valence-electron chi connectivity index (χ4n) is 2.90. The van der Waals surface area contributed by atoms with Crippen LogP contribution in [0.15, 0.2) is 48.5 Å². The largest absolute Gasteiger partial charge is 0.478 e. The lowest BCUT2D eigenvalue weighted by Gasteiger charge is -2.16. The van der Waals surface area contributed by atoms with Gasteiger partial charge in [0.25, 0.3) is 11.8 Å². The number of anilines is 1. The Kier molecular flexibility index (Phi) is 4.79. The molecular weight excluding hydrogens is 320 g/mol. The molecule has 2 aromatic carbocycles. The molecule has 0 radical (unpaired) electrons. The normalized spacial score (nSPS) is 13.5. The standard InChI is InChI=1S/C19H18N2O4/c22-17(15-8-1-2-9-16(15)19(24)25)20-14-7-5-6-13(12-14)18(23)21-10-3-4-11-21/h1-2,5-9,12H,3-4,10-11H2,(H,20,22)(H,24,25). The molecule has 0 spiro atoms. The number of likely N-dealkylation sites (tertiary alicyclic amines) is 1. The summed E-state index contributed by atoms with van der Waals surface area (Å²) >= 11 is 0. The highest BCUT2D eigenvalue weighted by molar-refractivity contribution is 6.11. The molecule has 6 nitrogen and oxygen atoms in total. The van der Waals surface area contributed by atoms with Gasteiger partial charge in [-0.25, -0.2) is 4.79 Å². The Hall–Kier alpha value is -3.15. The molecule has 1 aliphatic heterocycles. The van der Waals surface area contributed by atoms with Crippen molar-refractivity contribution >= 4 is 23.5 Å². The number of rotatable bonds is 4. The summed E-state index contributed by atoms with van der Waals surface area (Å²) < 4.78 is 0. The first-order valence-corrected chi connectivity index (χ1v) is 8.09. The summed E-state index contributed by atoms with van der Waals surface area (Å²) in [5, 5.41) is 11.9. The number of nitrogens with one attached hydrogen (secondary N) is 1. The number of benzene rings is 2. The van der Waals surface area contributed by atoms with E-state index in [0.717, 1.165) is 25.9 Å². The van der Waals surface area contributed by atoms with E-state index in [9.17, 15) is 19.5 Å². The van der Waals surface area contributed by atoms with Gasteiger partial charge >= 0.3 is 5.97 Å². The van der Waals surface area contributed by atoms with Crippen LogP contribution in [0, 0.1) is 0 Å². The summed E-state index contributed by atoms with van der Waals surface area (Å²) in [5.41, 5.74) is 0.969. The summed E-state index contributed by atoms with van der Waals surface area (Å²) in [6.07, 6.45) is 2.02. The van der Waals surface area contributed by atoms with E-state index in [0.29, 0.717) is 11.3 Å². The number of nitrogens with zero attached hydrogens (tertiary/aromatic N) is 1. The average Bonchev–Trinajstić information content (AvgIpc) is 3.16. The summed E-state index contributed by atoms with van der Waals surface area (Å²) in [6.45, 7) is 1.50. The van der Waals surface area contributed by atoms with Gasteiger partial charge in [0.05, 0.1) is 11.1 Å². The van der Waals surface area contributed by atoms with Crippen LogP contribution in [0.25, 0.3) is 0 Å². The molecule has 2 aromatic rings. The average molecular weight is 338 g/mol. The molecule has 1 heterocycles. The Bertz CT molecular complexity index is 826. The van der Waals surface area contributed by atoms with Crippen molar-refractivity contribution in [2.75, 3.05) is 18.4 Å². The summed E-state index contributed by atoms with van der Waals surface area (Å²) in [7, 11) is 0. The fourth-order valence-corrected chi connectivity index (χ4v) is 2.90. The van der Waals surface area contributed by atoms with Crippen molar-refractivity contribution in [2.24, 2.45) is 0 Å². The number of carbonyl (C=O) groups is 3. The molecule has 1 aliphatic rings. The van der Waals surface area contributed by atoms with Gasteiger partial charge in [0.15, 0.2) is 0 Å². The van der Waals surface area contributed by atoms with Crippen LogP contribution < -0.4 is 5.32 Å². The second-order valence-corrected chi connectivity index (χ2v) is 5.88. The number of carboxylic acid groups (broad SMARTS) is 1. The Morgan fingerprint density at radius 2 is 1.60 bits per heavy atom. The van der Waals surface area contributed by atoms with Gasteiger partial charge in [-0.15, -0.1) is 0 Å². The van der Waals surface area contributed by atoms with E-state index in [1.807, 2.05) is 0 Å². The molecule has 0 unspecified atom stereocenters. The van der Waals surface area contributed by atoms with Crippen LogP contribution in [-0.4, -0.2) is 40.9 Å². The molecule has 25 heavy (non-hydrogen) atoms. The molecular formula is C19H18N2O4. The highest BCUT2D eigenvalue weighted by Gasteiger charge is 2.20. The summed E-state index contributed by atoms with van der Waals surface area (Å²) in [6, 6.07) is 12.7. The van der Waals surface area contributed by atoms with Crippen LogP contribution in [0.2, 0.25) is 0 Å². The van der Waals surface area contributed by atoms with Gasteiger partial charge in [-0.1, -0.05) is 18.2 Å². The van der Waals surface area contributed by atoms with Gasteiger partial charge in [0, 0.05) is 24.3 Å². The molecule has 3 rings (SSSR count). The van der Waals surface area contributed by atoms with Crippen molar-refractivity contribution in [3.8, 4) is 0 Å². The van der Waals surface area contributed by atoms with Gasteiger partial charge in [-0.3, -0.25) is 9.59 Å². The SMILES string of the molecule is O=C(O)c1ccccc1C(=O)Nc1cccc(C(=O)N2CCCC2)c1. The maximum absolute atomic E-state index is 12.4. The quantitative estimate of drug-likeness (QED) is 0.897. The Balaban J connectivity index is 1.79. The van der Waals surface area contributed by atoms with Gasteiger partial charge in [0.2, 0.25) is 0 Å². The number of amides is 2. The van der Waals surface area contributed by atoms with E-state index < -0.39 is 11.9 Å². The van der Waals surface area contributed by atoms with Gasteiger partial charge in [-0.05, 0) is 43.2 Å². The molecule has 0 bridgehead atoms. The molecule has 6 heteroatoms. The lowest BCUT2D eigenvalue weighted by atomic mass is 10.1. The van der Waals surface area contributed by atoms with E-state index in [-0.39, 0.29) is 17.0 Å². The monoisotopic (exact) mass is 338 g/mol. The molecule has 2 N–H and O–H groups in total. The van der Waals surface area contributed by atoms with Crippen molar-refractivity contribution in [1.82, 2.24) is 4.90 Å². The van der Waals surface area contributed by atoms with Gasteiger partial charge in [-0.2, -0.15) is 0 Å². The van der Waals surface area contributed by atoms with Crippen molar-refractivity contribution in [2.45, 2.75) is 12.8 Å². The Morgan fingerprint density at radius 1 is 0.920 bits per heavy atom. The Labute approximate surface area is 145 Å². The molecule has 128 valence electrons. The fraction of sp³-hybridized carbons (Fsp3) is 0.211. The molecule has 0 saturated carbocycles. The number of carboxylic acids is 1. The molecule has 2 amide bonds. The lowest BCUT2D eigenvalue weighted by Crippen LogP contribution is -2.27. The maximum Gasteiger partial charge on any atom is 0.336 e. The number of hydrogen-bond donors (Lipinski definition) is 2. The summed E-state index contributed by atoms with van der Waals surface area (Å²) in [5.74, 6) is -1.74. The topological polar surface area (TPSA) is 86.7 Å². The number of carbonyl (C=O) groups excluding carboxylic acids is 2. The zero-order chi connectivity index (χ0) is 17.8. The highest BCUT2D eigenvalue weighted by Crippen LogP contribution is 2.18. The van der Waals surface area contributed by atoms with Crippen molar-refractivity contribution in [1.29, 1.82) is 0 Å². The van der Waals surface area contributed by atoms with Gasteiger partial charge in [0.1, 0.15) is 0 Å². The first kappa shape index (κ1) is 16.7. The van der Waals surface area contributed by atoms with Crippen LogP contribution in [0.1, 0.15) is 43.9 Å². The molecule has 1 fully saturated rings. The van der Waals surface area contributed by atoms with Gasteiger partial charge < -0.3 is 15.3 Å². The Morgan fingerprint density at radius 3 is 2.28 bits per heavy atom. The van der Waals surface area contributed by atoms with E-state index in [1.54, 1.807) is 41.3 Å². The third kappa shape index (κ3) is 3.68. The van der Waals surface area contributed by atoms with Crippen LogP contribution >= 0.6 is 0 Å². The molecule has 0 aromatic heterocycles. The first-order valence-electron chi connectivity index (χ1n) is 8.09. The van der Waals surface area contributed by atoms with E-state index in [4.69, 9.17) is 0 Å². The zero-order valence-electron chi connectivity index (χ0n) is 13.6. The third-order valence-corrected chi connectivity index (χ3v) is 4.16. The lowest BCUT2D eigenvalue weighted by molar-refractivity contribution is 0.0692. The molecule has 1 saturated heterocycles. The predicted octanol–water partition coefficient (Wildman–Crippen LogP) is 2.87. The second-order valence-electron chi connectivity index (χ2n) is 5.88. The second kappa shape index (κ2) is 7.17. The smallest absolute Gasteiger partial charge is 0.336 e. The van der Waals surface area contributed by atoms with Crippen LogP contribution in [0.3, 0.4) is 0 Å². The van der Waals surface area contributed by atoms with Crippen molar-refractivity contribution in [3.63, 3.8) is 0 Å². The summed E-state index contributed by atoms with van der Waals surface area (Å²) in [4.78, 5) is 37.9. The molecule has 0 aliphatic carbocycles. The number of hydrogen-bond acceptors (Lipinski definition) is 3. The third-order valence-electron chi connectivity index (χ3n) is 4.16. The maximum atomic E-state index is 12.4. The van der Waals surface area contributed by atoms with Crippen LogP contribution in [0.4, 0.5) is 5.69 Å². The highest BCUT2D eigenvalue weighted by atomic mass is 16.4. The van der Waals surface area contributed by atoms with E-state index in [2.05, 4.69) is 5.32 Å². The zero-order valence-corrected chi connectivity index (χ0v) is 13.6. The van der Waals surface area contributed by atoms with Crippen LogP contribution in [0.5, 0.6) is 0 Å². The van der Waals surface area contributed by atoms with Crippen molar-refractivity contribution < 1.29 is 19.5 Å². The minimum absolute atomic E-state index is 0.0560. The first-order chi connectivity index (χ1) is 12.1. The number of aromatic carboxylic acids is 1. The van der Waals surface area contributed by atoms with E-state index in [1.165, 1.54) is 12.1 Å². The van der Waals surface area contributed by atoms with E-state index >= 15 is 0 Å². The minimum atomic E-state index is -1.16. The van der Waals surface area contributed by atoms with Crippen LogP contribution in [-0.2, 0) is 0 Å².